The number of amidine groups is 1. The van der Waals surface area contributed by atoms with Crippen molar-refractivity contribution in [2.75, 3.05) is 6.54 Å². The van der Waals surface area contributed by atoms with Crippen molar-refractivity contribution in [1.29, 1.82) is 0 Å². The zero-order chi connectivity index (χ0) is 11.3. The molecule has 0 saturated heterocycles. The average Bonchev–Trinajstić information content (AvgIpc) is 2.63. The molecule has 1 heterocycles. The van der Waals surface area contributed by atoms with E-state index in [0.717, 1.165) is 11.6 Å². The van der Waals surface area contributed by atoms with Crippen molar-refractivity contribution in [2.24, 2.45) is 16.8 Å². The third-order valence-corrected chi connectivity index (χ3v) is 2.95. The molecule has 0 spiro atoms. The fourth-order valence-corrected chi connectivity index (χ4v) is 1.87. The Morgan fingerprint density at radius 3 is 3.07 bits per heavy atom. The molecule has 0 aliphatic rings. The summed E-state index contributed by atoms with van der Waals surface area (Å²) < 4.78 is 0. The predicted octanol–water partition coefficient (Wildman–Crippen LogP) is 0.924. The highest BCUT2D eigenvalue weighted by Crippen LogP contribution is 2.10. The number of nitrogens with two attached hydrogens (primary N) is 1. The van der Waals surface area contributed by atoms with E-state index in [1.165, 1.54) is 4.88 Å². The Balaban J connectivity index is 2.27. The van der Waals surface area contributed by atoms with Gasteiger partial charge in [0.2, 0.25) is 0 Å². The van der Waals surface area contributed by atoms with E-state index in [1.807, 2.05) is 20.0 Å². The molecule has 1 rings (SSSR count). The van der Waals surface area contributed by atoms with Crippen LogP contribution in [0, 0.1) is 12.8 Å². The summed E-state index contributed by atoms with van der Waals surface area (Å²) in [6.45, 7) is 5.34. The molecule has 0 amide bonds. The van der Waals surface area contributed by atoms with Crippen molar-refractivity contribution in [3.8, 4) is 0 Å². The van der Waals surface area contributed by atoms with E-state index < -0.39 is 0 Å². The minimum atomic E-state index is 0.0315. The minimum Gasteiger partial charge on any atom is -0.409 e. The van der Waals surface area contributed by atoms with E-state index in [2.05, 4.69) is 15.5 Å². The molecule has 0 fully saturated rings. The Morgan fingerprint density at radius 1 is 1.80 bits per heavy atom. The normalized spacial score (nSPS) is 14.1. The molecule has 0 aliphatic heterocycles. The Labute approximate surface area is 93.0 Å². The first-order chi connectivity index (χ1) is 7.13. The second-order valence-corrected chi connectivity index (χ2v) is 4.72. The Kier molecular flexibility index (Phi) is 4.51. The molecule has 6 heteroatoms. The van der Waals surface area contributed by atoms with Crippen LogP contribution in [0.15, 0.2) is 11.4 Å². The summed E-state index contributed by atoms with van der Waals surface area (Å²) in [7, 11) is 0. The third-order valence-electron chi connectivity index (χ3n) is 2.04. The summed E-state index contributed by atoms with van der Waals surface area (Å²) in [5.41, 5.74) is 5.45. The molecule has 0 bridgehead atoms. The monoisotopic (exact) mass is 228 g/mol. The van der Waals surface area contributed by atoms with E-state index in [9.17, 15) is 0 Å². The first-order valence-corrected chi connectivity index (χ1v) is 5.54. The standard InChI is InChI=1S/C9H16N4OS/c1-6(9(10)13-14)3-11-4-8-5-12-7(2)15-8/h5-6,11,14H,3-4H2,1-2H3,(H2,10,13). The van der Waals surface area contributed by atoms with Gasteiger partial charge in [-0.05, 0) is 6.92 Å². The van der Waals surface area contributed by atoms with Crippen LogP contribution < -0.4 is 11.1 Å². The fraction of sp³-hybridized carbons (Fsp3) is 0.556. The molecule has 1 aromatic heterocycles. The highest BCUT2D eigenvalue weighted by Gasteiger charge is 2.06. The Hall–Kier alpha value is -1.14. The van der Waals surface area contributed by atoms with Crippen molar-refractivity contribution >= 4 is 17.2 Å². The molecule has 1 atom stereocenters. The molecule has 5 nitrogen and oxygen atoms in total. The second-order valence-electron chi connectivity index (χ2n) is 3.40. The Morgan fingerprint density at radius 2 is 2.53 bits per heavy atom. The molecular weight excluding hydrogens is 212 g/mol. The third kappa shape index (κ3) is 3.85. The van der Waals surface area contributed by atoms with Crippen molar-refractivity contribution < 1.29 is 5.21 Å². The van der Waals surface area contributed by atoms with Gasteiger partial charge >= 0.3 is 0 Å². The quantitative estimate of drug-likeness (QED) is 0.303. The molecule has 84 valence electrons. The largest absolute Gasteiger partial charge is 0.409 e. The number of oxime groups is 1. The maximum Gasteiger partial charge on any atom is 0.143 e. The average molecular weight is 228 g/mol. The summed E-state index contributed by atoms with van der Waals surface area (Å²) in [6, 6.07) is 0. The SMILES string of the molecule is Cc1ncc(CNCC(C)C(N)=NO)s1. The van der Waals surface area contributed by atoms with Gasteiger partial charge in [-0.15, -0.1) is 11.3 Å². The number of nitrogens with one attached hydrogen (secondary N) is 1. The van der Waals surface area contributed by atoms with E-state index in [-0.39, 0.29) is 11.8 Å². The van der Waals surface area contributed by atoms with Gasteiger partial charge in [0, 0.05) is 30.1 Å². The van der Waals surface area contributed by atoms with Gasteiger partial charge in [-0.1, -0.05) is 12.1 Å². The highest BCUT2D eigenvalue weighted by molar-refractivity contribution is 7.11. The summed E-state index contributed by atoms with van der Waals surface area (Å²) in [5, 5.41) is 15.7. The summed E-state index contributed by atoms with van der Waals surface area (Å²) in [4.78, 5) is 5.35. The van der Waals surface area contributed by atoms with E-state index in [1.54, 1.807) is 11.3 Å². The maximum atomic E-state index is 8.45. The lowest BCUT2D eigenvalue weighted by molar-refractivity contribution is 0.314. The zero-order valence-corrected chi connectivity index (χ0v) is 9.71. The van der Waals surface area contributed by atoms with Crippen LogP contribution in [0.1, 0.15) is 16.8 Å². The first kappa shape index (κ1) is 11.9. The maximum absolute atomic E-state index is 8.45. The lowest BCUT2D eigenvalue weighted by Gasteiger charge is -2.09. The van der Waals surface area contributed by atoms with Gasteiger partial charge in [-0.3, -0.25) is 0 Å². The van der Waals surface area contributed by atoms with Gasteiger partial charge in [0.05, 0.1) is 5.01 Å². The number of aryl methyl sites for hydroxylation is 1. The van der Waals surface area contributed by atoms with Gasteiger partial charge in [0.25, 0.3) is 0 Å². The van der Waals surface area contributed by atoms with Crippen LogP contribution in [-0.4, -0.2) is 22.6 Å². The van der Waals surface area contributed by atoms with E-state index in [0.29, 0.717) is 6.54 Å². The van der Waals surface area contributed by atoms with Gasteiger partial charge in [-0.25, -0.2) is 4.98 Å². The van der Waals surface area contributed by atoms with Crippen molar-refractivity contribution in [2.45, 2.75) is 20.4 Å². The van der Waals surface area contributed by atoms with Crippen LogP contribution in [0.25, 0.3) is 0 Å². The first-order valence-electron chi connectivity index (χ1n) is 4.73. The fourth-order valence-electron chi connectivity index (χ4n) is 1.10. The Bertz CT molecular complexity index is 337. The molecule has 0 aliphatic carbocycles. The van der Waals surface area contributed by atoms with Crippen molar-refractivity contribution in [3.63, 3.8) is 0 Å². The number of rotatable bonds is 5. The molecule has 0 radical (unpaired) electrons. The number of aromatic nitrogens is 1. The lowest BCUT2D eigenvalue weighted by atomic mass is 10.1. The molecule has 1 aromatic rings. The number of hydrogen-bond acceptors (Lipinski definition) is 5. The van der Waals surface area contributed by atoms with E-state index in [4.69, 9.17) is 10.9 Å². The van der Waals surface area contributed by atoms with Gasteiger partial charge in [0.1, 0.15) is 5.84 Å². The van der Waals surface area contributed by atoms with Crippen molar-refractivity contribution in [3.05, 3.63) is 16.1 Å². The number of thiazole rings is 1. The van der Waals surface area contributed by atoms with Crippen molar-refractivity contribution in [1.82, 2.24) is 10.3 Å². The zero-order valence-electron chi connectivity index (χ0n) is 8.90. The minimum absolute atomic E-state index is 0.0315. The number of nitrogens with zero attached hydrogens (tertiary/aromatic N) is 2. The van der Waals surface area contributed by atoms with Crippen LogP contribution in [-0.2, 0) is 6.54 Å². The summed E-state index contributed by atoms with van der Waals surface area (Å²) in [6.07, 6.45) is 1.86. The van der Waals surface area contributed by atoms with Gasteiger partial charge in [-0.2, -0.15) is 0 Å². The second kappa shape index (κ2) is 5.67. The molecular formula is C9H16N4OS. The molecule has 0 aromatic carbocycles. The summed E-state index contributed by atoms with van der Waals surface area (Å²) >= 11 is 1.67. The summed E-state index contributed by atoms with van der Waals surface area (Å²) in [5.74, 6) is 0.284. The van der Waals surface area contributed by atoms with Gasteiger partial charge < -0.3 is 16.3 Å². The predicted molar refractivity (Wildman–Crippen MR) is 61.1 cm³/mol. The smallest absolute Gasteiger partial charge is 0.143 e. The van der Waals surface area contributed by atoms with Crippen LogP contribution in [0.4, 0.5) is 0 Å². The topological polar surface area (TPSA) is 83.5 Å². The van der Waals surface area contributed by atoms with Crippen LogP contribution in [0.3, 0.4) is 0 Å². The molecule has 0 saturated carbocycles. The van der Waals surface area contributed by atoms with Crippen LogP contribution in [0.5, 0.6) is 0 Å². The molecule has 1 unspecified atom stereocenters. The van der Waals surface area contributed by atoms with Crippen LogP contribution >= 0.6 is 11.3 Å². The molecule has 15 heavy (non-hydrogen) atoms. The van der Waals surface area contributed by atoms with E-state index >= 15 is 0 Å². The lowest BCUT2D eigenvalue weighted by Crippen LogP contribution is -2.30. The molecule has 4 N–H and O–H groups in total. The number of hydrogen-bond donors (Lipinski definition) is 3. The van der Waals surface area contributed by atoms with Gasteiger partial charge in [0.15, 0.2) is 0 Å². The highest BCUT2D eigenvalue weighted by atomic mass is 32.1. The van der Waals surface area contributed by atoms with Crippen LogP contribution in [0.2, 0.25) is 0 Å².